The Morgan fingerprint density at radius 2 is 0.857 bits per heavy atom. The molecule has 0 amide bonds. The minimum absolute atomic E-state index is 0.224. The zero-order valence-corrected chi connectivity index (χ0v) is 25.9. The molecular weight excluding hydrogens is 520 g/mol. The smallest absolute Gasteiger partial charge is 0.122 e. The van der Waals surface area contributed by atoms with Crippen molar-refractivity contribution in [3.8, 4) is 23.0 Å². The van der Waals surface area contributed by atoms with Crippen molar-refractivity contribution in [2.75, 3.05) is 0 Å². The molecule has 4 heteroatoms. The molecule has 0 spiro atoms. The first-order valence-corrected chi connectivity index (χ1v) is 15.1. The molecule has 0 radical (unpaired) electrons. The van der Waals surface area contributed by atoms with Crippen LogP contribution in [-0.4, -0.2) is 20.4 Å². The number of phenols is 4. The quantitative estimate of drug-likeness (QED) is 0.189. The van der Waals surface area contributed by atoms with Crippen molar-refractivity contribution in [3.63, 3.8) is 0 Å². The van der Waals surface area contributed by atoms with Crippen molar-refractivity contribution >= 4 is 0 Å². The summed E-state index contributed by atoms with van der Waals surface area (Å²) in [6, 6.07) is 16.4. The van der Waals surface area contributed by atoms with Crippen molar-refractivity contribution < 1.29 is 20.4 Å². The Balaban J connectivity index is 1.63. The van der Waals surface area contributed by atoms with Gasteiger partial charge >= 0.3 is 0 Å². The standard InChI is InChI=1S/C38H44O4/c1-22-16-34(39)24(3)12-28(22)18-30-20-32(14-26(5)36(30)41)38(10-8-7-9-11-38)33-15-27(6)37(42)31(21-33)19-29-13-25(4)35(40)17-23(29)2/h12-17,20-21,39-42H,7-11,18-19H2,1-6H3. The fraction of sp³-hybridized carbons (Fsp3) is 0.368. The van der Waals surface area contributed by atoms with Gasteiger partial charge in [-0.05, 0) is 133 Å². The van der Waals surface area contributed by atoms with E-state index >= 15 is 0 Å². The Kier molecular flexibility index (Phi) is 8.02. The van der Waals surface area contributed by atoms with Gasteiger partial charge in [-0.15, -0.1) is 0 Å². The van der Waals surface area contributed by atoms with Crippen molar-refractivity contribution in [2.45, 2.75) is 91.9 Å². The Morgan fingerprint density at radius 1 is 0.452 bits per heavy atom. The summed E-state index contributed by atoms with van der Waals surface area (Å²) >= 11 is 0. The highest BCUT2D eigenvalue weighted by Gasteiger charge is 2.37. The molecule has 0 heterocycles. The number of hydrogen-bond acceptors (Lipinski definition) is 4. The van der Waals surface area contributed by atoms with Crippen LogP contribution in [0.3, 0.4) is 0 Å². The molecule has 4 N–H and O–H groups in total. The van der Waals surface area contributed by atoms with Gasteiger partial charge in [-0.2, -0.15) is 0 Å². The Morgan fingerprint density at radius 3 is 1.26 bits per heavy atom. The van der Waals surface area contributed by atoms with E-state index in [0.29, 0.717) is 35.8 Å². The third-order valence-electron chi connectivity index (χ3n) is 9.64. The molecule has 4 aromatic rings. The maximum absolute atomic E-state index is 11.2. The molecule has 4 nitrogen and oxygen atoms in total. The molecule has 0 saturated heterocycles. The Hall–Kier alpha value is -3.92. The summed E-state index contributed by atoms with van der Waals surface area (Å²) in [6.45, 7) is 11.8. The van der Waals surface area contributed by atoms with Crippen molar-refractivity contribution in [1.82, 2.24) is 0 Å². The lowest BCUT2D eigenvalue weighted by atomic mass is 9.64. The first-order chi connectivity index (χ1) is 19.9. The molecule has 4 aromatic carbocycles. The number of hydrogen-bond donors (Lipinski definition) is 4. The van der Waals surface area contributed by atoms with Crippen molar-refractivity contribution in [1.29, 1.82) is 0 Å². The summed E-state index contributed by atoms with van der Waals surface area (Å²) in [7, 11) is 0. The van der Waals surface area contributed by atoms with Gasteiger partial charge in [-0.25, -0.2) is 0 Å². The second-order valence-electron chi connectivity index (χ2n) is 12.7. The van der Waals surface area contributed by atoms with Crippen LogP contribution in [-0.2, 0) is 18.3 Å². The molecule has 0 aliphatic heterocycles. The minimum Gasteiger partial charge on any atom is -0.508 e. The van der Waals surface area contributed by atoms with Gasteiger partial charge in [0.2, 0.25) is 0 Å². The molecular formula is C38H44O4. The zero-order valence-electron chi connectivity index (χ0n) is 25.9. The Labute approximate surface area is 250 Å². The van der Waals surface area contributed by atoms with Crippen molar-refractivity contribution in [3.05, 3.63) is 115 Å². The Bertz CT molecular complexity index is 1540. The second kappa shape index (κ2) is 11.4. The largest absolute Gasteiger partial charge is 0.508 e. The molecule has 0 aromatic heterocycles. The summed E-state index contributed by atoms with van der Waals surface area (Å²) in [5.74, 6) is 1.25. The van der Waals surface area contributed by atoms with E-state index in [1.54, 1.807) is 12.1 Å². The lowest BCUT2D eigenvalue weighted by Crippen LogP contribution is -2.31. The summed E-state index contributed by atoms with van der Waals surface area (Å²) in [5, 5.41) is 42.8. The molecule has 1 aliphatic carbocycles. The number of rotatable bonds is 6. The van der Waals surface area contributed by atoms with E-state index in [0.717, 1.165) is 81.3 Å². The second-order valence-corrected chi connectivity index (χ2v) is 12.7. The van der Waals surface area contributed by atoms with Crippen LogP contribution in [0, 0.1) is 41.5 Å². The molecule has 1 aliphatic rings. The van der Waals surface area contributed by atoms with Gasteiger partial charge in [0.25, 0.3) is 0 Å². The molecule has 1 saturated carbocycles. The van der Waals surface area contributed by atoms with Crippen LogP contribution in [0.1, 0.15) is 98.9 Å². The normalized spacial score (nSPS) is 14.7. The van der Waals surface area contributed by atoms with E-state index in [4.69, 9.17) is 0 Å². The van der Waals surface area contributed by atoms with E-state index in [9.17, 15) is 20.4 Å². The molecule has 0 unspecified atom stereocenters. The van der Waals surface area contributed by atoms with Gasteiger partial charge in [0.05, 0.1) is 0 Å². The van der Waals surface area contributed by atoms with E-state index < -0.39 is 0 Å². The highest BCUT2D eigenvalue weighted by molar-refractivity contribution is 5.55. The number of phenolic OH excluding ortho intramolecular Hbond substituents is 4. The van der Waals surface area contributed by atoms with Crippen molar-refractivity contribution in [2.24, 2.45) is 0 Å². The van der Waals surface area contributed by atoms with Gasteiger partial charge in [0, 0.05) is 18.3 Å². The maximum atomic E-state index is 11.2. The molecule has 0 atom stereocenters. The average molecular weight is 565 g/mol. The third-order valence-corrected chi connectivity index (χ3v) is 9.64. The summed E-state index contributed by atoms with van der Waals surface area (Å²) < 4.78 is 0. The first kappa shape index (κ1) is 29.6. The predicted molar refractivity (Wildman–Crippen MR) is 170 cm³/mol. The van der Waals surface area contributed by atoms with Gasteiger partial charge in [-0.3, -0.25) is 0 Å². The monoisotopic (exact) mass is 564 g/mol. The van der Waals surface area contributed by atoms with Crippen LogP contribution >= 0.6 is 0 Å². The van der Waals surface area contributed by atoms with E-state index in [1.165, 1.54) is 17.5 Å². The van der Waals surface area contributed by atoms with Crippen LogP contribution in [0.2, 0.25) is 0 Å². The molecule has 0 bridgehead atoms. The van der Waals surface area contributed by atoms with Crippen LogP contribution < -0.4 is 0 Å². The van der Waals surface area contributed by atoms with Gasteiger partial charge in [0.1, 0.15) is 23.0 Å². The first-order valence-electron chi connectivity index (χ1n) is 15.1. The van der Waals surface area contributed by atoms with E-state index in [1.807, 2.05) is 53.7 Å². The lowest BCUT2D eigenvalue weighted by Gasteiger charge is -2.40. The molecule has 220 valence electrons. The van der Waals surface area contributed by atoms with Crippen LogP contribution in [0.15, 0.2) is 48.5 Å². The van der Waals surface area contributed by atoms with Crippen LogP contribution in [0.5, 0.6) is 23.0 Å². The SMILES string of the molecule is Cc1cc(Cc2cc(C3(c4cc(C)c(O)c(Cc5cc(C)c(O)cc5C)c4)CCCCC3)cc(C)c2O)c(C)cc1O. The fourth-order valence-electron chi connectivity index (χ4n) is 6.94. The third kappa shape index (κ3) is 5.47. The molecule has 5 rings (SSSR count). The summed E-state index contributed by atoms with van der Waals surface area (Å²) in [5.41, 5.74) is 11.6. The van der Waals surface area contributed by atoms with Gasteiger partial charge < -0.3 is 20.4 Å². The highest BCUT2D eigenvalue weighted by atomic mass is 16.3. The van der Waals surface area contributed by atoms with Crippen LogP contribution in [0.4, 0.5) is 0 Å². The predicted octanol–water partition coefficient (Wildman–Crippen LogP) is 8.79. The van der Waals surface area contributed by atoms with E-state index in [2.05, 4.69) is 24.3 Å². The van der Waals surface area contributed by atoms with Gasteiger partial charge in [0.15, 0.2) is 0 Å². The zero-order chi connectivity index (χ0) is 30.3. The highest BCUT2D eigenvalue weighted by Crippen LogP contribution is 2.48. The summed E-state index contributed by atoms with van der Waals surface area (Å²) in [6.07, 6.45) is 6.64. The molecule has 42 heavy (non-hydrogen) atoms. The average Bonchev–Trinajstić information content (AvgIpc) is 2.95. The van der Waals surface area contributed by atoms with E-state index in [-0.39, 0.29) is 5.41 Å². The number of aromatic hydroxyl groups is 4. The summed E-state index contributed by atoms with van der Waals surface area (Å²) in [4.78, 5) is 0. The number of aryl methyl sites for hydroxylation is 6. The molecule has 1 fully saturated rings. The minimum atomic E-state index is -0.224. The topological polar surface area (TPSA) is 80.9 Å². The van der Waals surface area contributed by atoms with Gasteiger partial charge in [-0.1, -0.05) is 55.7 Å². The number of benzene rings is 4. The fourth-order valence-corrected chi connectivity index (χ4v) is 6.94. The van der Waals surface area contributed by atoms with Crippen LogP contribution in [0.25, 0.3) is 0 Å². The maximum Gasteiger partial charge on any atom is 0.122 e. The lowest BCUT2D eigenvalue weighted by molar-refractivity contribution is 0.344.